The van der Waals surface area contributed by atoms with Crippen molar-refractivity contribution in [2.45, 2.75) is 26.4 Å². The number of carbonyl (C=O) groups excluding carboxylic acids is 2. The van der Waals surface area contributed by atoms with Crippen LogP contribution in [0.2, 0.25) is 0 Å². The number of ether oxygens (including phenoxy) is 1. The van der Waals surface area contributed by atoms with Crippen LogP contribution in [0.4, 0.5) is 0 Å². The van der Waals surface area contributed by atoms with Crippen LogP contribution in [-0.2, 0) is 11.3 Å². The monoisotopic (exact) mass is 426 g/mol. The van der Waals surface area contributed by atoms with Gasteiger partial charge in [-0.1, -0.05) is 17.3 Å². The molecule has 0 radical (unpaired) electrons. The topological polar surface area (TPSA) is 92.6 Å². The van der Waals surface area contributed by atoms with E-state index in [2.05, 4.69) is 20.5 Å². The Hall–Kier alpha value is -3.20. The fraction of sp³-hybridized carbons (Fsp3) is 0.455. The van der Waals surface area contributed by atoms with Crippen LogP contribution in [0, 0.1) is 0 Å². The fourth-order valence-electron chi connectivity index (χ4n) is 3.27. The molecule has 1 fully saturated rings. The van der Waals surface area contributed by atoms with Gasteiger partial charge in [-0.2, -0.15) is 0 Å². The molecule has 0 spiro atoms. The van der Waals surface area contributed by atoms with Gasteiger partial charge in [0, 0.05) is 44.8 Å². The maximum absolute atomic E-state index is 12.5. The van der Waals surface area contributed by atoms with Crippen LogP contribution >= 0.6 is 0 Å². The highest BCUT2D eigenvalue weighted by Gasteiger charge is 2.19. The second-order valence-corrected chi connectivity index (χ2v) is 7.77. The van der Waals surface area contributed by atoms with E-state index >= 15 is 0 Å². The summed E-state index contributed by atoms with van der Waals surface area (Å²) in [5.41, 5.74) is 1.29. The van der Waals surface area contributed by atoms with Crippen LogP contribution in [0.3, 0.4) is 0 Å². The lowest BCUT2D eigenvalue weighted by atomic mass is 10.2. The molecule has 9 heteroatoms. The van der Waals surface area contributed by atoms with Crippen molar-refractivity contribution < 1.29 is 14.3 Å². The SMILES string of the molecule is COc1ccc(C=CC(=O)N2CCN(CCn3cc(C(=O)NC(C)C)nn3)CC2)cc1. The van der Waals surface area contributed by atoms with E-state index in [1.54, 1.807) is 24.1 Å². The third-order valence-corrected chi connectivity index (χ3v) is 5.05. The summed E-state index contributed by atoms with van der Waals surface area (Å²) in [6.07, 6.45) is 5.12. The summed E-state index contributed by atoms with van der Waals surface area (Å²) in [4.78, 5) is 28.6. The molecule has 1 aromatic carbocycles. The van der Waals surface area contributed by atoms with E-state index in [4.69, 9.17) is 4.74 Å². The van der Waals surface area contributed by atoms with Crippen LogP contribution in [0.5, 0.6) is 5.75 Å². The molecule has 3 rings (SSSR count). The summed E-state index contributed by atoms with van der Waals surface area (Å²) >= 11 is 0. The zero-order chi connectivity index (χ0) is 22.2. The molecule has 9 nitrogen and oxygen atoms in total. The van der Waals surface area contributed by atoms with Crippen molar-refractivity contribution in [3.05, 3.63) is 47.8 Å². The third-order valence-electron chi connectivity index (χ3n) is 5.05. The first-order valence-corrected chi connectivity index (χ1v) is 10.5. The van der Waals surface area contributed by atoms with Gasteiger partial charge in [0.05, 0.1) is 19.9 Å². The maximum atomic E-state index is 12.5. The Bertz CT molecular complexity index is 898. The number of piperazine rings is 1. The van der Waals surface area contributed by atoms with Gasteiger partial charge in [0.1, 0.15) is 5.75 Å². The standard InChI is InChI=1S/C22H30N6O3/c1-17(2)23-22(30)20-16-28(25-24-20)15-12-26-10-13-27(14-11-26)21(29)9-6-18-4-7-19(31-3)8-5-18/h4-9,16-17H,10-15H2,1-3H3,(H,23,30). The van der Waals surface area contributed by atoms with E-state index in [0.717, 1.165) is 30.9 Å². The van der Waals surface area contributed by atoms with E-state index in [1.807, 2.05) is 49.1 Å². The molecule has 0 aliphatic carbocycles. The summed E-state index contributed by atoms with van der Waals surface area (Å²) in [6.45, 7) is 8.22. The average Bonchev–Trinajstić information content (AvgIpc) is 3.25. The minimum Gasteiger partial charge on any atom is -0.497 e. The zero-order valence-electron chi connectivity index (χ0n) is 18.3. The molecule has 0 unspecified atom stereocenters. The van der Waals surface area contributed by atoms with Crippen molar-refractivity contribution in [2.24, 2.45) is 0 Å². The Labute approximate surface area is 182 Å². The first-order valence-electron chi connectivity index (χ1n) is 10.5. The summed E-state index contributed by atoms with van der Waals surface area (Å²) in [7, 11) is 1.63. The molecular weight excluding hydrogens is 396 g/mol. The Morgan fingerprint density at radius 3 is 2.48 bits per heavy atom. The van der Waals surface area contributed by atoms with Gasteiger partial charge in [0.25, 0.3) is 5.91 Å². The van der Waals surface area contributed by atoms with Gasteiger partial charge in [-0.05, 0) is 37.6 Å². The smallest absolute Gasteiger partial charge is 0.273 e. The summed E-state index contributed by atoms with van der Waals surface area (Å²) in [6, 6.07) is 7.64. The van der Waals surface area contributed by atoms with Gasteiger partial charge in [0.2, 0.25) is 5.91 Å². The predicted octanol–water partition coefficient (Wildman–Crippen LogP) is 1.28. The second kappa shape index (κ2) is 10.7. The number of methoxy groups -OCH3 is 1. The second-order valence-electron chi connectivity index (χ2n) is 7.77. The van der Waals surface area contributed by atoms with E-state index in [0.29, 0.717) is 25.3 Å². The molecule has 2 heterocycles. The van der Waals surface area contributed by atoms with Crippen molar-refractivity contribution >= 4 is 17.9 Å². The van der Waals surface area contributed by atoms with Crippen molar-refractivity contribution in [3.63, 3.8) is 0 Å². The van der Waals surface area contributed by atoms with Gasteiger partial charge < -0.3 is 15.0 Å². The molecule has 1 aliphatic rings. The van der Waals surface area contributed by atoms with Crippen molar-refractivity contribution in [3.8, 4) is 5.75 Å². The predicted molar refractivity (Wildman–Crippen MR) is 118 cm³/mol. The highest BCUT2D eigenvalue weighted by atomic mass is 16.5. The molecule has 1 saturated heterocycles. The summed E-state index contributed by atoms with van der Waals surface area (Å²) in [5, 5.41) is 10.8. The van der Waals surface area contributed by atoms with Gasteiger partial charge in [-0.15, -0.1) is 5.10 Å². The van der Waals surface area contributed by atoms with Crippen molar-refractivity contribution in [1.82, 2.24) is 30.1 Å². The van der Waals surface area contributed by atoms with Gasteiger partial charge in [-0.3, -0.25) is 19.2 Å². The Morgan fingerprint density at radius 2 is 1.84 bits per heavy atom. The van der Waals surface area contributed by atoms with Gasteiger partial charge in [0.15, 0.2) is 5.69 Å². The Kier molecular flexibility index (Phi) is 7.77. The molecule has 31 heavy (non-hydrogen) atoms. The lowest BCUT2D eigenvalue weighted by molar-refractivity contribution is -0.127. The van der Waals surface area contributed by atoms with E-state index in [-0.39, 0.29) is 17.9 Å². The normalized spacial score (nSPS) is 14.9. The van der Waals surface area contributed by atoms with E-state index in [1.165, 1.54) is 0 Å². The first-order chi connectivity index (χ1) is 14.9. The van der Waals surface area contributed by atoms with Gasteiger partial charge in [-0.25, -0.2) is 0 Å². The molecule has 166 valence electrons. The highest BCUT2D eigenvalue weighted by Crippen LogP contribution is 2.12. The molecule has 1 aromatic heterocycles. The maximum Gasteiger partial charge on any atom is 0.273 e. The largest absolute Gasteiger partial charge is 0.497 e. The van der Waals surface area contributed by atoms with Crippen molar-refractivity contribution in [2.75, 3.05) is 39.8 Å². The van der Waals surface area contributed by atoms with Gasteiger partial charge >= 0.3 is 0 Å². The molecule has 2 amide bonds. The molecule has 1 aliphatic heterocycles. The lowest BCUT2D eigenvalue weighted by Gasteiger charge is -2.34. The van der Waals surface area contributed by atoms with E-state index in [9.17, 15) is 9.59 Å². The number of nitrogens with zero attached hydrogens (tertiary/aromatic N) is 5. The van der Waals surface area contributed by atoms with Crippen LogP contribution in [-0.4, -0.2) is 82.5 Å². The number of benzene rings is 1. The number of nitrogens with one attached hydrogen (secondary N) is 1. The van der Waals surface area contributed by atoms with Crippen molar-refractivity contribution in [1.29, 1.82) is 0 Å². The Morgan fingerprint density at radius 1 is 1.13 bits per heavy atom. The molecule has 2 aromatic rings. The molecular formula is C22H30N6O3. The van der Waals surface area contributed by atoms with Crippen LogP contribution in [0.1, 0.15) is 29.9 Å². The molecule has 0 atom stereocenters. The third kappa shape index (κ3) is 6.65. The molecule has 0 saturated carbocycles. The average molecular weight is 427 g/mol. The number of hydrogen-bond acceptors (Lipinski definition) is 6. The number of amides is 2. The number of carbonyl (C=O) groups is 2. The fourth-order valence-corrected chi connectivity index (χ4v) is 3.27. The summed E-state index contributed by atoms with van der Waals surface area (Å²) in [5.74, 6) is 0.601. The quantitative estimate of drug-likeness (QED) is 0.640. The number of rotatable bonds is 8. The Balaban J connectivity index is 1.41. The van der Waals surface area contributed by atoms with Crippen LogP contribution < -0.4 is 10.1 Å². The number of aromatic nitrogens is 3. The lowest BCUT2D eigenvalue weighted by Crippen LogP contribution is -2.48. The minimum absolute atomic E-state index is 0.0209. The minimum atomic E-state index is -0.212. The molecule has 0 bridgehead atoms. The zero-order valence-corrected chi connectivity index (χ0v) is 18.3. The van der Waals surface area contributed by atoms with Crippen LogP contribution in [0.15, 0.2) is 36.5 Å². The molecule has 1 N–H and O–H groups in total. The number of hydrogen-bond donors (Lipinski definition) is 1. The van der Waals surface area contributed by atoms with Crippen LogP contribution in [0.25, 0.3) is 6.08 Å². The first kappa shape index (κ1) is 22.5. The van der Waals surface area contributed by atoms with E-state index < -0.39 is 0 Å². The highest BCUT2D eigenvalue weighted by molar-refractivity contribution is 5.92. The summed E-state index contributed by atoms with van der Waals surface area (Å²) < 4.78 is 6.83.